The van der Waals surface area contributed by atoms with E-state index in [9.17, 15) is 8.78 Å². The normalized spacial score (nSPS) is 17.2. The van der Waals surface area contributed by atoms with Crippen molar-refractivity contribution in [1.82, 2.24) is 5.43 Å². The summed E-state index contributed by atoms with van der Waals surface area (Å²) in [7, 11) is 0. The molecule has 1 atom stereocenters. The molecule has 0 aliphatic carbocycles. The number of hydrogen-bond acceptors (Lipinski definition) is 3. The molecular weight excluding hydrogens is 226 g/mol. The van der Waals surface area contributed by atoms with Crippen LogP contribution in [-0.4, -0.2) is 6.61 Å². The fourth-order valence-electron chi connectivity index (χ4n) is 1.87. The summed E-state index contributed by atoms with van der Waals surface area (Å²) in [6.45, 7) is 0.542. The predicted octanol–water partition coefficient (Wildman–Crippen LogP) is 2.16. The highest BCUT2D eigenvalue weighted by molar-refractivity contribution is 5.29. The molecule has 3 nitrogen and oxygen atoms in total. The van der Waals surface area contributed by atoms with Gasteiger partial charge >= 0.3 is 0 Å². The van der Waals surface area contributed by atoms with Gasteiger partial charge < -0.3 is 4.74 Å². The summed E-state index contributed by atoms with van der Waals surface area (Å²) in [4.78, 5) is 0. The van der Waals surface area contributed by atoms with Crippen LogP contribution in [-0.2, 0) is 4.74 Å². The molecule has 5 heteroatoms. The summed E-state index contributed by atoms with van der Waals surface area (Å²) in [6, 6.07) is 2.94. The van der Waals surface area contributed by atoms with E-state index in [-0.39, 0.29) is 5.56 Å². The Kier molecular flexibility index (Phi) is 3.71. The largest absolute Gasteiger partial charge is 0.496 e. The first kappa shape index (κ1) is 12.0. The summed E-state index contributed by atoms with van der Waals surface area (Å²) in [5.74, 6) is 4.57. The lowest BCUT2D eigenvalue weighted by molar-refractivity contribution is 0.166. The molecule has 92 valence electrons. The number of nitrogens with two attached hydrogens (primary N) is 1. The first-order chi connectivity index (χ1) is 8.24. The number of benzene rings is 1. The number of hydrogen-bond donors (Lipinski definition) is 2. The summed E-state index contributed by atoms with van der Waals surface area (Å²) >= 11 is 0. The molecule has 0 radical (unpaired) electrons. The van der Waals surface area contributed by atoms with E-state index in [0.717, 1.165) is 12.8 Å². The lowest BCUT2D eigenvalue weighted by Gasteiger charge is -2.24. The minimum atomic E-state index is -0.781. The first-order valence-corrected chi connectivity index (χ1v) is 5.47. The van der Waals surface area contributed by atoms with E-state index in [1.54, 1.807) is 6.08 Å². The maximum atomic E-state index is 13.6. The molecule has 17 heavy (non-hydrogen) atoms. The fourth-order valence-corrected chi connectivity index (χ4v) is 1.87. The molecule has 3 N–H and O–H groups in total. The Balaban J connectivity index is 2.38. The zero-order valence-electron chi connectivity index (χ0n) is 9.25. The smallest absolute Gasteiger partial charge is 0.131 e. The Morgan fingerprint density at radius 1 is 1.29 bits per heavy atom. The van der Waals surface area contributed by atoms with Gasteiger partial charge in [-0.1, -0.05) is 6.07 Å². The van der Waals surface area contributed by atoms with Gasteiger partial charge in [0.25, 0.3) is 0 Å². The van der Waals surface area contributed by atoms with Crippen molar-refractivity contribution in [2.24, 2.45) is 5.84 Å². The highest BCUT2D eigenvalue weighted by atomic mass is 19.1. The minimum absolute atomic E-state index is 0.108. The molecule has 1 aliphatic rings. The summed E-state index contributed by atoms with van der Waals surface area (Å²) in [5.41, 5.74) is 2.29. The van der Waals surface area contributed by atoms with Crippen molar-refractivity contribution in [2.75, 3.05) is 6.61 Å². The zero-order chi connectivity index (χ0) is 12.3. The van der Waals surface area contributed by atoms with Crippen LogP contribution in [0.1, 0.15) is 24.4 Å². The van der Waals surface area contributed by atoms with Crippen molar-refractivity contribution in [3.8, 4) is 0 Å². The van der Waals surface area contributed by atoms with Crippen molar-refractivity contribution in [3.05, 3.63) is 47.2 Å². The minimum Gasteiger partial charge on any atom is -0.496 e. The van der Waals surface area contributed by atoms with E-state index in [4.69, 9.17) is 10.6 Å². The van der Waals surface area contributed by atoms with Gasteiger partial charge in [0.2, 0.25) is 0 Å². The predicted molar refractivity (Wildman–Crippen MR) is 59.7 cm³/mol. The number of ether oxygens (including phenoxy) is 1. The van der Waals surface area contributed by atoms with E-state index in [2.05, 4.69) is 5.43 Å². The second-order valence-corrected chi connectivity index (χ2v) is 3.83. The van der Waals surface area contributed by atoms with Gasteiger partial charge in [0.05, 0.1) is 6.61 Å². The van der Waals surface area contributed by atoms with E-state index in [0.29, 0.717) is 12.4 Å². The maximum Gasteiger partial charge on any atom is 0.131 e. The van der Waals surface area contributed by atoms with Crippen LogP contribution in [0.25, 0.3) is 0 Å². The van der Waals surface area contributed by atoms with Gasteiger partial charge in [-0.2, -0.15) is 0 Å². The lowest BCUT2D eigenvalue weighted by Crippen LogP contribution is -2.32. The zero-order valence-corrected chi connectivity index (χ0v) is 9.25. The lowest BCUT2D eigenvalue weighted by atomic mass is 10.0. The molecule has 0 saturated heterocycles. The number of rotatable bonds is 3. The highest BCUT2D eigenvalue weighted by Crippen LogP contribution is 2.29. The molecule has 2 rings (SSSR count). The van der Waals surface area contributed by atoms with E-state index in [1.165, 1.54) is 18.2 Å². The molecule has 0 amide bonds. The Labute approximate surface area is 98.2 Å². The van der Waals surface area contributed by atoms with Crippen molar-refractivity contribution in [3.63, 3.8) is 0 Å². The Morgan fingerprint density at radius 2 is 2.00 bits per heavy atom. The molecule has 0 bridgehead atoms. The van der Waals surface area contributed by atoms with E-state index < -0.39 is 17.7 Å². The SMILES string of the molecule is NNC(C1=CCCCO1)c1c(F)cccc1F. The Bertz CT molecular complexity index is 414. The summed E-state index contributed by atoms with van der Waals surface area (Å²) < 4.78 is 32.6. The molecule has 0 aromatic heterocycles. The molecule has 1 aromatic rings. The third-order valence-corrected chi connectivity index (χ3v) is 2.70. The van der Waals surface area contributed by atoms with E-state index in [1.807, 2.05) is 0 Å². The van der Waals surface area contributed by atoms with Crippen LogP contribution in [0, 0.1) is 11.6 Å². The van der Waals surface area contributed by atoms with Crippen molar-refractivity contribution in [2.45, 2.75) is 18.9 Å². The van der Waals surface area contributed by atoms with Crippen molar-refractivity contribution < 1.29 is 13.5 Å². The maximum absolute atomic E-state index is 13.6. The van der Waals surface area contributed by atoms with Gasteiger partial charge in [-0.25, -0.2) is 14.2 Å². The molecule has 0 spiro atoms. The average molecular weight is 240 g/mol. The van der Waals surface area contributed by atoms with Crippen LogP contribution in [0.15, 0.2) is 30.0 Å². The Hall–Kier alpha value is -1.46. The van der Waals surface area contributed by atoms with Crippen LogP contribution in [0.5, 0.6) is 0 Å². The van der Waals surface area contributed by atoms with Crippen LogP contribution in [0.4, 0.5) is 8.78 Å². The van der Waals surface area contributed by atoms with Crippen molar-refractivity contribution >= 4 is 0 Å². The standard InChI is InChI=1S/C12H14F2N2O/c13-8-4-3-5-9(14)11(8)12(16-15)10-6-1-2-7-17-10/h3-6,12,16H,1-2,7,15H2. The number of halogens is 2. The average Bonchev–Trinajstić information content (AvgIpc) is 2.35. The molecule has 0 saturated carbocycles. The van der Waals surface area contributed by atoms with Gasteiger partial charge in [0.1, 0.15) is 23.4 Å². The van der Waals surface area contributed by atoms with Gasteiger partial charge in [0.15, 0.2) is 0 Å². The van der Waals surface area contributed by atoms with Crippen LogP contribution < -0.4 is 11.3 Å². The van der Waals surface area contributed by atoms with Crippen LogP contribution in [0.3, 0.4) is 0 Å². The topological polar surface area (TPSA) is 47.3 Å². The van der Waals surface area contributed by atoms with E-state index >= 15 is 0 Å². The van der Waals surface area contributed by atoms with Crippen molar-refractivity contribution in [1.29, 1.82) is 0 Å². The molecule has 1 heterocycles. The molecule has 1 aromatic carbocycles. The first-order valence-electron chi connectivity index (χ1n) is 5.47. The Morgan fingerprint density at radius 3 is 2.53 bits per heavy atom. The summed E-state index contributed by atoms with van der Waals surface area (Å²) in [6.07, 6.45) is 3.53. The molecule has 1 unspecified atom stereocenters. The second kappa shape index (κ2) is 5.25. The monoisotopic (exact) mass is 240 g/mol. The van der Waals surface area contributed by atoms with Gasteiger partial charge in [-0.3, -0.25) is 5.84 Å². The highest BCUT2D eigenvalue weighted by Gasteiger charge is 2.24. The number of allylic oxidation sites excluding steroid dienone is 1. The van der Waals surface area contributed by atoms with Gasteiger partial charge in [-0.15, -0.1) is 0 Å². The third kappa shape index (κ3) is 2.45. The molecule has 1 aliphatic heterocycles. The number of hydrazine groups is 1. The van der Waals surface area contributed by atoms with Crippen LogP contribution in [0.2, 0.25) is 0 Å². The fraction of sp³-hybridized carbons (Fsp3) is 0.333. The summed E-state index contributed by atoms with van der Waals surface area (Å²) in [5, 5.41) is 0. The quantitative estimate of drug-likeness (QED) is 0.628. The van der Waals surface area contributed by atoms with Gasteiger partial charge in [-0.05, 0) is 31.1 Å². The second-order valence-electron chi connectivity index (χ2n) is 3.83. The number of nitrogens with one attached hydrogen (secondary N) is 1. The molecule has 0 fully saturated rings. The van der Waals surface area contributed by atoms with Gasteiger partial charge in [0, 0.05) is 5.56 Å². The molecular formula is C12H14F2N2O. The third-order valence-electron chi connectivity index (χ3n) is 2.70. The van der Waals surface area contributed by atoms with Crippen LogP contribution >= 0.6 is 0 Å².